The summed E-state index contributed by atoms with van der Waals surface area (Å²) in [5.41, 5.74) is 6.50. The van der Waals surface area contributed by atoms with Crippen LogP contribution in [0.2, 0.25) is 5.02 Å². The van der Waals surface area contributed by atoms with E-state index < -0.39 is 16.1 Å². The van der Waals surface area contributed by atoms with Crippen LogP contribution in [-0.4, -0.2) is 25.7 Å². The zero-order valence-corrected chi connectivity index (χ0v) is 12.7. The summed E-state index contributed by atoms with van der Waals surface area (Å²) in [7, 11) is -3.71. The first-order valence-corrected chi connectivity index (χ1v) is 7.75. The van der Waals surface area contributed by atoms with Gasteiger partial charge in [-0.1, -0.05) is 11.6 Å². The summed E-state index contributed by atoms with van der Waals surface area (Å²) in [6, 6.07) is 2.49. The van der Waals surface area contributed by atoms with Gasteiger partial charge >= 0.3 is 0 Å². The Morgan fingerprint density at radius 3 is 2.53 bits per heavy atom. The average molecular weight is 307 g/mol. The highest BCUT2D eigenvalue weighted by Gasteiger charge is 2.22. The van der Waals surface area contributed by atoms with Crippen molar-refractivity contribution in [2.75, 3.05) is 5.73 Å². The van der Waals surface area contributed by atoms with Crippen molar-refractivity contribution >= 4 is 27.3 Å². The highest BCUT2D eigenvalue weighted by Crippen LogP contribution is 2.26. The van der Waals surface area contributed by atoms with Gasteiger partial charge in [-0.2, -0.15) is 0 Å². The Morgan fingerprint density at radius 2 is 2.00 bits per heavy atom. The van der Waals surface area contributed by atoms with Gasteiger partial charge in [0.1, 0.15) is 0 Å². The molecular weight excluding hydrogens is 288 g/mol. The fourth-order valence-corrected chi connectivity index (χ4v) is 3.69. The molecule has 19 heavy (non-hydrogen) atoms. The predicted octanol–water partition coefficient (Wildman–Crippen LogP) is 1.67. The van der Waals surface area contributed by atoms with Gasteiger partial charge in [-0.05, 0) is 44.9 Å². The van der Waals surface area contributed by atoms with E-state index in [1.807, 2.05) is 0 Å². The Labute approximate surface area is 118 Å². The van der Waals surface area contributed by atoms with E-state index in [2.05, 4.69) is 4.72 Å². The van der Waals surface area contributed by atoms with Crippen LogP contribution in [0, 0.1) is 6.92 Å². The van der Waals surface area contributed by atoms with Crippen molar-refractivity contribution in [1.29, 1.82) is 0 Å². The number of hydrogen-bond acceptors (Lipinski definition) is 4. The van der Waals surface area contributed by atoms with E-state index in [0.717, 1.165) is 0 Å². The van der Waals surface area contributed by atoms with Crippen LogP contribution in [0.15, 0.2) is 17.0 Å². The number of rotatable bonds is 5. The second-order valence-corrected chi connectivity index (χ2v) is 6.84. The van der Waals surface area contributed by atoms with Crippen molar-refractivity contribution in [3.05, 3.63) is 22.7 Å². The molecule has 0 saturated heterocycles. The zero-order chi connectivity index (χ0) is 14.8. The minimum atomic E-state index is -3.71. The van der Waals surface area contributed by atoms with Crippen molar-refractivity contribution in [1.82, 2.24) is 4.72 Å². The molecule has 1 aromatic rings. The van der Waals surface area contributed by atoms with Crippen LogP contribution in [0.25, 0.3) is 0 Å². The van der Waals surface area contributed by atoms with Gasteiger partial charge in [0.15, 0.2) is 0 Å². The zero-order valence-electron chi connectivity index (χ0n) is 11.1. The summed E-state index contributed by atoms with van der Waals surface area (Å²) in [4.78, 5) is 0.0648. The van der Waals surface area contributed by atoms with Gasteiger partial charge in [0.2, 0.25) is 10.0 Å². The second kappa shape index (κ2) is 6.09. The molecule has 0 aliphatic rings. The average Bonchev–Trinajstić information content (AvgIpc) is 2.20. The number of aliphatic hydroxyl groups excluding tert-OH is 1. The van der Waals surface area contributed by atoms with Crippen molar-refractivity contribution in [3.63, 3.8) is 0 Å². The number of benzene rings is 1. The molecule has 0 amide bonds. The predicted molar refractivity (Wildman–Crippen MR) is 76.7 cm³/mol. The Balaban J connectivity index is 3.07. The van der Waals surface area contributed by atoms with Crippen LogP contribution < -0.4 is 10.5 Å². The largest absolute Gasteiger partial charge is 0.398 e. The lowest BCUT2D eigenvalue weighted by Crippen LogP contribution is -2.35. The standard InChI is InChI=1S/C12H19ClN2O3S/c1-7(4-8(2)16)15-19(17,18)12-6-10(13)5-11(14)9(12)3/h5-8,15-16H,4,14H2,1-3H3. The number of aliphatic hydroxyl groups is 1. The molecule has 2 unspecified atom stereocenters. The van der Waals surface area contributed by atoms with Crippen LogP contribution in [0.4, 0.5) is 5.69 Å². The summed E-state index contributed by atoms with van der Waals surface area (Å²) in [5, 5.41) is 9.53. The third-order valence-corrected chi connectivity index (χ3v) is 4.64. The first-order chi connectivity index (χ1) is 8.63. The molecular formula is C12H19ClN2O3S. The summed E-state index contributed by atoms with van der Waals surface area (Å²) in [5.74, 6) is 0. The van der Waals surface area contributed by atoms with Gasteiger partial charge < -0.3 is 10.8 Å². The van der Waals surface area contributed by atoms with E-state index in [1.165, 1.54) is 12.1 Å². The second-order valence-electron chi connectivity index (χ2n) is 4.73. The van der Waals surface area contributed by atoms with Crippen LogP contribution in [0.3, 0.4) is 0 Å². The Kier molecular flexibility index (Phi) is 5.20. The Hall–Kier alpha value is -0.820. The maximum Gasteiger partial charge on any atom is 0.241 e. The molecule has 0 saturated carbocycles. The van der Waals surface area contributed by atoms with Gasteiger partial charge in [-0.15, -0.1) is 0 Å². The topological polar surface area (TPSA) is 92.4 Å². The molecule has 7 heteroatoms. The van der Waals surface area contributed by atoms with Gasteiger partial charge in [0.05, 0.1) is 11.0 Å². The normalized spacial score (nSPS) is 15.2. The molecule has 0 bridgehead atoms. The number of nitrogen functional groups attached to an aromatic ring is 1. The molecule has 0 aliphatic heterocycles. The molecule has 1 rings (SSSR count). The number of halogens is 1. The monoisotopic (exact) mass is 306 g/mol. The molecule has 2 atom stereocenters. The summed E-state index contributed by atoms with van der Waals surface area (Å²) in [6.07, 6.45) is -0.253. The van der Waals surface area contributed by atoms with E-state index in [1.54, 1.807) is 20.8 Å². The van der Waals surface area contributed by atoms with E-state index in [-0.39, 0.29) is 16.0 Å². The third kappa shape index (κ3) is 4.35. The van der Waals surface area contributed by atoms with Crippen LogP contribution >= 0.6 is 11.6 Å². The maximum atomic E-state index is 12.2. The van der Waals surface area contributed by atoms with E-state index >= 15 is 0 Å². The van der Waals surface area contributed by atoms with Crippen LogP contribution in [-0.2, 0) is 10.0 Å². The van der Waals surface area contributed by atoms with Gasteiger partial charge in [0, 0.05) is 16.8 Å². The molecule has 1 aromatic carbocycles. The van der Waals surface area contributed by atoms with Gasteiger partial charge in [0.25, 0.3) is 0 Å². The fraction of sp³-hybridized carbons (Fsp3) is 0.500. The minimum Gasteiger partial charge on any atom is -0.398 e. The Bertz CT molecular complexity index is 558. The number of sulfonamides is 1. The molecule has 5 nitrogen and oxygen atoms in total. The quantitative estimate of drug-likeness (QED) is 0.721. The summed E-state index contributed by atoms with van der Waals surface area (Å²) in [6.45, 7) is 4.92. The van der Waals surface area contributed by atoms with Crippen LogP contribution in [0.1, 0.15) is 25.8 Å². The maximum absolute atomic E-state index is 12.2. The number of anilines is 1. The van der Waals surface area contributed by atoms with E-state index in [4.69, 9.17) is 17.3 Å². The van der Waals surface area contributed by atoms with Crippen molar-refractivity contribution in [3.8, 4) is 0 Å². The molecule has 0 aromatic heterocycles. The van der Waals surface area contributed by atoms with Gasteiger partial charge in [-0.25, -0.2) is 13.1 Å². The number of nitrogens with one attached hydrogen (secondary N) is 1. The smallest absolute Gasteiger partial charge is 0.241 e. The highest BCUT2D eigenvalue weighted by molar-refractivity contribution is 7.89. The van der Waals surface area contributed by atoms with Gasteiger partial charge in [-0.3, -0.25) is 0 Å². The fourth-order valence-electron chi connectivity index (χ4n) is 1.84. The number of nitrogens with two attached hydrogens (primary N) is 1. The molecule has 0 fully saturated rings. The molecule has 0 heterocycles. The lowest BCUT2D eigenvalue weighted by molar-refractivity contribution is 0.175. The lowest BCUT2D eigenvalue weighted by Gasteiger charge is -2.17. The summed E-state index contributed by atoms with van der Waals surface area (Å²) < 4.78 is 27.0. The highest BCUT2D eigenvalue weighted by atomic mass is 35.5. The van der Waals surface area contributed by atoms with E-state index in [9.17, 15) is 13.5 Å². The van der Waals surface area contributed by atoms with Crippen molar-refractivity contribution < 1.29 is 13.5 Å². The first-order valence-electron chi connectivity index (χ1n) is 5.89. The minimum absolute atomic E-state index is 0.0648. The van der Waals surface area contributed by atoms with Crippen LogP contribution in [0.5, 0.6) is 0 Å². The lowest BCUT2D eigenvalue weighted by atomic mass is 10.2. The SMILES string of the molecule is Cc1c(N)cc(Cl)cc1S(=O)(=O)NC(C)CC(C)O. The van der Waals surface area contributed by atoms with Crippen molar-refractivity contribution in [2.24, 2.45) is 0 Å². The molecule has 108 valence electrons. The Morgan fingerprint density at radius 1 is 1.42 bits per heavy atom. The van der Waals surface area contributed by atoms with Crippen molar-refractivity contribution in [2.45, 2.75) is 44.2 Å². The molecule has 0 spiro atoms. The first kappa shape index (κ1) is 16.2. The van der Waals surface area contributed by atoms with E-state index in [0.29, 0.717) is 17.7 Å². The molecule has 4 N–H and O–H groups in total. The molecule has 0 aliphatic carbocycles. The summed E-state index contributed by atoms with van der Waals surface area (Å²) >= 11 is 5.84. The third-order valence-electron chi connectivity index (χ3n) is 2.71. The number of hydrogen-bond donors (Lipinski definition) is 3. The molecule has 0 radical (unpaired) electrons.